The van der Waals surface area contributed by atoms with Gasteiger partial charge in [-0.2, -0.15) is 0 Å². The first kappa shape index (κ1) is 41.5. The summed E-state index contributed by atoms with van der Waals surface area (Å²) in [6.07, 6.45) is 20.4. The summed E-state index contributed by atoms with van der Waals surface area (Å²) in [7, 11) is 0. The lowest BCUT2D eigenvalue weighted by atomic mass is 9.79. The second kappa shape index (κ2) is 21.9. The highest BCUT2D eigenvalue weighted by Crippen LogP contribution is 2.49. The molecule has 6 rings (SSSR count). The highest BCUT2D eigenvalue weighted by atomic mass is 32.2. The van der Waals surface area contributed by atoms with Crippen molar-refractivity contribution in [3.8, 4) is 11.5 Å². The molecule has 2 aliphatic carbocycles. The van der Waals surface area contributed by atoms with Crippen molar-refractivity contribution in [2.24, 2.45) is 11.8 Å². The van der Waals surface area contributed by atoms with Crippen molar-refractivity contribution in [2.45, 2.75) is 153 Å². The zero-order chi connectivity index (χ0) is 38.2. The van der Waals surface area contributed by atoms with Crippen molar-refractivity contribution >= 4 is 11.8 Å². The van der Waals surface area contributed by atoms with E-state index in [1.165, 1.54) is 123 Å². The topological polar surface area (TPSA) is 18.5 Å². The van der Waals surface area contributed by atoms with Gasteiger partial charge < -0.3 is 9.47 Å². The third-order valence-electron chi connectivity index (χ3n) is 12.6. The molecule has 0 radical (unpaired) electrons. The molecule has 0 amide bonds. The van der Waals surface area contributed by atoms with Crippen molar-refractivity contribution in [3.63, 3.8) is 0 Å². The first-order chi connectivity index (χ1) is 27.0. The zero-order valence-electron chi connectivity index (χ0n) is 34.7. The predicted molar refractivity (Wildman–Crippen MR) is 237 cm³/mol. The normalized spacial score (nSPS) is 21.2. The Kier molecular flexibility index (Phi) is 16.5. The van der Waals surface area contributed by atoms with Crippen molar-refractivity contribution in [3.05, 3.63) is 130 Å². The molecule has 4 aromatic rings. The maximum absolute atomic E-state index is 6.21. The first-order valence-electron chi connectivity index (χ1n) is 22.3. The summed E-state index contributed by atoms with van der Waals surface area (Å²) in [4.78, 5) is 0. The summed E-state index contributed by atoms with van der Waals surface area (Å²) in [5.74, 6) is 5.06. The molecule has 2 saturated carbocycles. The van der Waals surface area contributed by atoms with Gasteiger partial charge >= 0.3 is 0 Å². The number of unbranched alkanes of at least 4 members (excludes halogenated alkanes) is 6. The van der Waals surface area contributed by atoms with E-state index in [2.05, 4.69) is 137 Å². The van der Waals surface area contributed by atoms with E-state index in [1.807, 2.05) is 0 Å². The van der Waals surface area contributed by atoms with Crippen LogP contribution in [0.3, 0.4) is 0 Å². The highest BCUT2D eigenvalue weighted by Gasteiger charge is 2.26. The minimum absolute atomic E-state index is 0.165. The van der Waals surface area contributed by atoms with Gasteiger partial charge in [0.25, 0.3) is 0 Å². The lowest BCUT2D eigenvalue weighted by Gasteiger charge is -2.29. The zero-order valence-corrected chi connectivity index (χ0v) is 35.5. The van der Waals surface area contributed by atoms with Gasteiger partial charge in [0.15, 0.2) is 0 Å². The van der Waals surface area contributed by atoms with Crippen LogP contribution in [0.4, 0.5) is 0 Å². The van der Waals surface area contributed by atoms with Crippen LogP contribution in [0.25, 0.3) is 0 Å². The summed E-state index contributed by atoms with van der Waals surface area (Å²) in [6, 6.07) is 37.6. The Balaban J connectivity index is 1.28. The molecule has 2 fully saturated rings. The molecule has 0 heterocycles. The second-order valence-corrected chi connectivity index (χ2v) is 18.3. The van der Waals surface area contributed by atoms with Gasteiger partial charge in [0, 0.05) is 0 Å². The number of benzene rings is 4. The van der Waals surface area contributed by atoms with E-state index in [-0.39, 0.29) is 10.5 Å². The number of hydrogen-bond acceptors (Lipinski definition) is 3. The lowest BCUT2D eigenvalue weighted by Crippen LogP contribution is -2.11. The fraction of sp³-hybridized carbons (Fsp3) is 0.538. The summed E-state index contributed by atoms with van der Waals surface area (Å²) in [5.41, 5.74) is 8.42. The van der Waals surface area contributed by atoms with Crippen molar-refractivity contribution in [1.29, 1.82) is 0 Å². The molecule has 2 aliphatic rings. The summed E-state index contributed by atoms with van der Waals surface area (Å²) in [5, 5.41) is 0.330. The van der Waals surface area contributed by atoms with Gasteiger partial charge in [0.05, 0.1) is 23.7 Å². The third kappa shape index (κ3) is 12.4. The van der Waals surface area contributed by atoms with Crippen LogP contribution in [0.5, 0.6) is 11.5 Å². The van der Waals surface area contributed by atoms with E-state index in [0.29, 0.717) is 11.8 Å². The van der Waals surface area contributed by atoms with Crippen LogP contribution < -0.4 is 9.47 Å². The van der Waals surface area contributed by atoms with Crippen LogP contribution in [-0.2, 0) is 0 Å². The van der Waals surface area contributed by atoms with E-state index in [4.69, 9.17) is 9.47 Å². The molecule has 3 heteroatoms. The van der Waals surface area contributed by atoms with E-state index < -0.39 is 0 Å². The smallest absolute Gasteiger partial charge is 0.119 e. The van der Waals surface area contributed by atoms with Crippen LogP contribution in [0.2, 0.25) is 0 Å². The Morgan fingerprint density at radius 3 is 1.09 bits per heavy atom. The van der Waals surface area contributed by atoms with Gasteiger partial charge in [-0.1, -0.05) is 165 Å². The van der Waals surface area contributed by atoms with Crippen LogP contribution in [0.15, 0.2) is 97.1 Å². The van der Waals surface area contributed by atoms with Gasteiger partial charge in [-0.3, -0.25) is 0 Å². The van der Waals surface area contributed by atoms with E-state index in [9.17, 15) is 0 Å². The summed E-state index contributed by atoms with van der Waals surface area (Å²) in [6.45, 7) is 10.9. The van der Waals surface area contributed by atoms with Crippen LogP contribution in [0, 0.1) is 11.8 Å². The van der Waals surface area contributed by atoms with Crippen molar-refractivity contribution < 1.29 is 9.47 Å². The van der Waals surface area contributed by atoms with Crippen molar-refractivity contribution in [1.82, 2.24) is 0 Å². The Bertz CT molecular complexity index is 1500. The van der Waals surface area contributed by atoms with Gasteiger partial charge in [0.1, 0.15) is 11.5 Å². The molecule has 2 atom stereocenters. The maximum atomic E-state index is 6.21. The standard InChI is InChI=1S/C52H70O2S/c1-5-7-9-11-37-53-49-33-29-47(30-34-49)51(45-25-21-43(22-26-45)41-17-13-39(3)14-18-41)55-52(48-31-35-50(36-32-48)54-38-12-10-8-6-2)46-27-23-44(24-28-46)42-19-15-40(4)16-20-42/h21-36,39-42,51-52H,5-20,37-38H2,1-4H3/t39-,40-,41-,42-,51?,52?. The number of ether oxygens (including phenoxy) is 2. The fourth-order valence-electron chi connectivity index (χ4n) is 8.82. The Morgan fingerprint density at radius 2 is 0.764 bits per heavy atom. The minimum atomic E-state index is 0.165. The highest BCUT2D eigenvalue weighted by molar-refractivity contribution is 8.00. The fourth-order valence-corrected chi connectivity index (χ4v) is 10.4. The molecule has 0 saturated heterocycles. The molecule has 2 unspecified atom stereocenters. The van der Waals surface area contributed by atoms with E-state index in [1.54, 1.807) is 0 Å². The molecule has 296 valence electrons. The molecular weight excluding hydrogens is 689 g/mol. The quantitative estimate of drug-likeness (QED) is 0.0836. The molecular formula is C52H70O2S. The molecule has 0 spiro atoms. The van der Waals surface area contributed by atoms with Crippen LogP contribution in [-0.4, -0.2) is 13.2 Å². The lowest BCUT2D eigenvalue weighted by molar-refractivity contribution is 0.305. The summed E-state index contributed by atoms with van der Waals surface area (Å²) >= 11 is 2.07. The molecule has 0 aromatic heterocycles. The third-order valence-corrected chi connectivity index (χ3v) is 14.3. The average Bonchev–Trinajstić information content (AvgIpc) is 3.23. The first-order valence-corrected chi connectivity index (χ1v) is 23.3. The molecule has 55 heavy (non-hydrogen) atoms. The van der Waals surface area contributed by atoms with Gasteiger partial charge in [-0.05, 0) is 120 Å². The van der Waals surface area contributed by atoms with Gasteiger partial charge in [-0.15, -0.1) is 11.8 Å². The van der Waals surface area contributed by atoms with Gasteiger partial charge in [-0.25, -0.2) is 0 Å². The number of hydrogen-bond donors (Lipinski definition) is 0. The van der Waals surface area contributed by atoms with Crippen molar-refractivity contribution in [2.75, 3.05) is 13.2 Å². The molecule has 0 bridgehead atoms. The molecule has 0 N–H and O–H groups in total. The largest absolute Gasteiger partial charge is 0.494 e. The van der Waals surface area contributed by atoms with E-state index in [0.717, 1.165) is 49.4 Å². The Morgan fingerprint density at radius 1 is 0.436 bits per heavy atom. The minimum Gasteiger partial charge on any atom is -0.494 e. The SMILES string of the molecule is CCCCCCOc1ccc(C(SC(c2ccc(OCCCCCC)cc2)c2ccc([C@H]3CC[C@H](C)CC3)cc2)c2ccc([C@H]3CC[C@H](C)CC3)cc2)cc1. The average molecular weight is 759 g/mol. The van der Waals surface area contributed by atoms with Crippen LogP contribution in [0.1, 0.15) is 186 Å². The Hall–Kier alpha value is -3.17. The van der Waals surface area contributed by atoms with Crippen LogP contribution >= 0.6 is 11.8 Å². The maximum Gasteiger partial charge on any atom is 0.119 e. The van der Waals surface area contributed by atoms with E-state index >= 15 is 0 Å². The second-order valence-electron chi connectivity index (χ2n) is 17.1. The number of rotatable bonds is 20. The summed E-state index contributed by atoms with van der Waals surface area (Å²) < 4.78 is 12.4. The monoisotopic (exact) mass is 759 g/mol. The molecule has 2 nitrogen and oxygen atoms in total. The molecule has 0 aliphatic heterocycles. The molecule has 4 aromatic carbocycles. The number of thioether (sulfide) groups is 1. The Labute approximate surface area is 339 Å². The van der Waals surface area contributed by atoms with Gasteiger partial charge in [0.2, 0.25) is 0 Å². The predicted octanol–water partition coefficient (Wildman–Crippen LogP) is 15.8.